The molecule has 1 atom stereocenters. The first-order valence-electron chi connectivity index (χ1n) is 7.80. The number of hydrogen-bond donors (Lipinski definition) is 1. The van der Waals surface area contributed by atoms with Crippen LogP contribution in [-0.4, -0.2) is 43.5 Å². The monoisotopic (exact) mass is 304 g/mol. The van der Waals surface area contributed by atoms with Crippen molar-refractivity contribution in [1.29, 1.82) is 0 Å². The molecule has 1 aliphatic heterocycles. The molecule has 1 saturated heterocycles. The number of ether oxygens (including phenoxy) is 1. The summed E-state index contributed by atoms with van der Waals surface area (Å²) in [7, 11) is 1.53. The van der Waals surface area contributed by atoms with Crippen molar-refractivity contribution >= 4 is 11.8 Å². The van der Waals surface area contributed by atoms with E-state index in [0.29, 0.717) is 30.2 Å². The van der Waals surface area contributed by atoms with Gasteiger partial charge in [0.2, 0.25) is 5.91 Å². The maximum Gasteiger partial charge on any atom is 0.255 e. The summed E-state index contributed by atoms with van der Waals surface area (Å²) in [4.78, 5) is 26.2. The first kappa shape index (κ1) is 16.3. The van der Waals surface area contributed by atoms with Gasteiger partial charge in [0, 0.05) is 26.1 Å². The molecule has 120 valence electrons. The Morgan fingerprint density at radius 1 is 1.36 bits per heavy atom. The highest BCUT2D eigenvalue weighted by atomic mass is 16.5. The lowest BCUT2D eigenvalue weighted by Gasteiger charge is -2.31. The SMILES string of the molecule is COc1ccccc1C(=O)NCCC(=O)N1CCC[C@@H](C)C1. The summed E-state index contributed by atoms with van der Waals surface area (Å²) in [5.41, 5.74) is 0.490. The molecule has 0 bridgehead atoms. The standard InChI is InChI=1S/C17H24N2O3/c1-13-6-5-11-19(12-13)16(20)9-10-18-17(21)14-7-3-4-8-15(14)22-2/h3-4,7-8,13H,5-6,9-12H2,1-2H3,(H,18,21)/t13-/m1/s1. The molecule has 0 aliphatic carbocycles. The van der Waals surface area contributed by atoms with Crippen molar-refractivity contribution in [3.63, 3.8) is 0 Å². The van der Waals surface area contributed by atoms with Crippen LogP contribution in [0, 0.1) is 5.92 Å². The molecule has 5 nitrogen and oxygen atoms in total. The Hall–Kier alpha value is -2.04. The summed E-state index contributed by atoms with van der Waals surface area (Å²) in [5, 5.41) is 2.79. The van der Waals surface area contributed by atoms with Crippen molar-refractivity contribution in [2.24, 2.45) is 5.92 Å². The van der Waals surface area contributed by atoms with Gasteiger partial charge in [-0.15, -0.1) is 0 Å². The maximum atomic E-state index is 12.1. The van der Waals surface area contributed by atoms with Crippen molar-refractivity contribution in [2.75, 3.05) is 26.7 Å². The summed E-state index contributed by atoms with van der Waals surface area (Å²) in [6.07, 6.45) is 2.60. The van der Waals surface area contributed by atoms with Crippen LogP contribution in [0.3, 0.4) is 0 Å². The van der Waals surface area contributed by atoms with E-state index < -0.39 is 0 Å². The molecular formula is C17H24N2O3. The number of likely N-dealkylation sites (tertiary alicyclic amines) is 1. The number of amides is 2. The lowest BCUT2D eigenvalue weighted by molar-refractivity contribution is -0.132. The number of nitrogens with one attached hydrogen (secondary N) is 1. The Kier molecular flexibility index (Phi) is 5.81. The lowest BCUT2D eigenvalue weighted by atomic mass is 10.00. The van der Waals surface area contributed by atoms with Crippen molar-refractivity contribution in [1.82, 2.24) is 10.2 Å². The predicted octanol–water partition coefficient (Wildman–Crippen LogP) is 2.07. The highest BCUT2D eigenvalue weighted by Gasteiger charge is 2.20. The van der Waals surface area contributed by atoms with Gasteiger partial charge in [-0.1, -0.05) is 19.1 Å². The van der Waals surface area contributed by atoms with Crippen LogP contribution in [0.4, 0.5) is 0 Å². The average Bonchev–Trinajstić information content (AvgIpc) is 2.54. The summed E-state index contributed by atoms with van der Waals surface area (Å²) in [6.45, 7) is 4.19. The Balaban J connectivity index is 1.80. The first-order chi connectivity index (χ1) is 10.6. The highest BCUT2D eigenvalue weighted by Crippen LogP contribution is 2.17. The second kappa shape index (κ2) is 7.82. The van der Waals surface area contributed by atoms with Crippen LogP contribution in [-0.2, 0) is 4.79 Å². The van der Waals surface area contributed by atoms with Crippen LogP contribution in [0.25, 0.3) is 0 Å². The van der Waals surface area contributed by atoms with Crippen LogP contribution in [0.1, 0.15) is 36.5 Å². The minimum absolute atomic E-state index is 0.117. The van der Waals surface area contributed by atoms with Crippen molar-refractivity contribution < 1.29 is 14.3 Å². The van der Waals surface area contributed by atoms with Crippen molar-refractivity contribution in [3.05, 3.63) is 29.8 Å². The molecule has 0 spiro atoms. The van der Waals surface area contributed by atoms with E-state index in [2.05, 4.69) is 12.2 Å². The second-order valence-electron chi connectivity index (χ2n) is 5.79. The summed E-state index contributed by atoms with van der Waals surface area (Å²) in [6, 6.07) is 7.06. The molecule has 1 aromatic rings. The van der Waals surface area contributed by atoms with E-state index in [9.17, 15) is 9.59 Å². The molecule has 1 aliphatic rings. The number of nitrogens with zero attached hydrogens (tertiary/aromatic N) is 1. The van der Waals surface area contributed by atoms with E-state index in [4.69, 9.17) is 4.74 Å². The number of piperidine rings is 1. The van der Waals surface area contributed by atoms with Gasteiger partial charge in [0.25, 0.3) is 5.91 Å². The Morgan fingerprint density at radius 2 is 2.14 bits per heavy atom. The quantitative estimate of drug-likeness (QED) is 0.906. The van der Waals surface area contributed by atoms with Gasteiger partial charge in [-0.05, 0) is 30.9 Å². The molecule has 5 heteroatoms. The zero-order chi connectivity index (χ0) is 15.9. The number of para-hydroxylation sites is 1. The summed E-state index contributed by atoms with van der Waals surface area (Å²) >= 11 is 0. The zero-order valence-corrected chi connectivity index (χ0v) is 13.3. The van der Waals surface area contributed by atoms with Gasteiger partial charge in [0.1, 0.15) is 5.75 Å². The predicted molar refractivity (Wildman–Crippen MR) is 84.9 cm³/mol. The fourth-order valence-electron chi connectivity index (χ4n) is 2.78. The molecule has 0 aromatic heterocycles. The molecule has 22 heavy (non-hydrogen) atoms. The molecule has 1 aromatic carbocycles. The molecule has 0 unspecified atom stereocenters. The fourth-order valence-corrected chi connectivity index (χ4v) is 2.78. The third kappa shape index (κ3) is 4.23. The van der Waals surface area contributed by atoms with Crippen LogP contribution in [0.15, 0.2) is 24.3 Å². The van der Waals surface area contributed by atoms with Gasteiger partial charge in [-0.25, -0.2) is 0 Å². The van der Waals surface area contributed by atoms with Crippen molar-refractivity contribution in [3.8, 4) is 5.75 Å². The Labute approximate surface area is 131 Å². The lowest BCUT2D eigenvalue weighted by Crippen LogP contribution is -2.40. The van der Waals surface area contributed by atoms with E-state index in [1.165, 1.54) is 13.5 Å². The normalized spacial score (nSPS) is 17.9. The average molecular weight is 304 g/mol. The van der Waals surface area contributed by atoms with E-state index in [1.807, 2.05) is 11.0 Å². The zero-order valence-electron chi connectivity index (χ0n) is 13.3. The van der Waals surface area contributed by atoms with Gasteiger partial charge in [0.15, 0.2) is 0 Å². The topological polar surface area (TPSA) is 58.6 Å². The molecule has 1 heterocycles. The molecule has 1 fully saturated rings. The number of methoxy groups -OCH3 is 1. The number of benzene rings is 1. The number of rotatable bonds is 5. The van der Waals surface area contributed by atoms with Crippen LogP contribution < -0.4 is 10.1 Å². The minimum Gasteiger partial charge on any atom is -0.496 e. The molecular weight excluding hydrogens is 280 g/mol. The maximum absolute atomic E-state index is 12.1. The molecule has 2 amide bonds. The second-order valence-corrected chi connectivity index (χ2v) is 5.79. The van der Waals surface area contributed by atoms with Crippen LogP contribution >= 0.6 is 0 Å². The smallest absolute Gasteiger partial charge is 0.255 e. The molecule has 2 rings (SSSR count). The van der Waals surface area contributed by atoms with Gasteiger partial charge >= 0.3 is 0 Å². The molecule has 0 radical (unpaired) electrons. The summed E-state index contributed by atoms with van der Waals surface area (Å²) < 4.78 is 5.16. The molecule has 1 N–H and O–H groups in total. The number of carbonyl (C=O) groups excluding carboxylic acids is 2. The van der Waals surface area contributed by atoms with Gasteiger partial charge in [-0.3, -0.25) is 9.59 Å². The van der Waals surface area contributed by atoms with Crippen molar-refractivity contribution in [2.45, 2.75) is 26.2 Å². The number of hydrogen-bond acceptors (Lipinski definition) is 3. The first-order valence-corrected chi connectivity index (χ1v) is 7.80. The van der Waals surface area contributed by atoms with Gasteiger partial charge < -0.3 is 15.0 Å². The minimum atomic E-state index is -0.211. The third-order valence-corrected chi connectivity index (χ3v) is 3.99. The van der Waals surface area contributed by atoms with E-state index in [-0.39, 0.29) is 11.8 Å². The van der Waals surface area contributed by atoms with E-state index >= 15 is 0 Å². The van der Waals surface area contributed by atoms with E-state index in [1.54, 1.807) is 18.2 Å². The Morgan fingerprint density at radius 3 is 2.86 bits per heavy atom. The van der Waals surface area contributed by atoms with Crippen LogP contribution in [0.2, 0.25) is 0 Å². The van der Waals surface area contributed by atoms with Gasteiger partial charge in [0.05, 0.1) is 12.7 Å². The fraction of sp³-hybridized carbons (Fsp3) is 0.529. The third-order valence-electron chi connectivity index (χ3n) is 3.99. The highest BCUT2D eigenvalue weighted by molar-refractivity contribution is 5.97. The largest absolute Gasteiger partial charge is 0.496 e. The summed E-state index contributed by atoms with van der Waals surface area (Å²) in [5.74, 6) is 1.01. The Bertz CT molecular complexity index is 530. The van der Waals surface area contributed by atoms with Crippen LogP contribution in [0.5, 0.6) is 5.75 Å². The van der Waals surface area contributed by atoms with Gasteiger partial charge in [-0.2, -0.15) is 0 Å². The van der Waals surface area contributed by atoms with E-state index in [0.717, 1.165) is 19.5 Å². The molecule has 0 saturated carbocycles. The number of carbonyl (C=O) groups is 2.